The molecule has 0 fully saturated rings. The van der Waals surface area contributed by atoms with Crippen LogP contribution in [0.5, 0.6) is 0 Å². The van der Waals surface area contributed by atoms with Crippen molar-refractivity contribution < 1.29 is 9.18 Å². The van der Waals surface area contributed by atoms with E-state index in [1.54, 1.807) is 18.2 Å². The third kappa shape index (κ3) is 4.33. The number of carbonyl (C=O) groups excluding carboxylic acids is 1. The third-order valence-corrected chi connectivity index (χ3v) is 2.89. The average molecular weight is 293 g/mol. The van der Waals surface area contributed by atoms with E-state index in [2.05, 4.69) is 10.6 Å². The Bertz CT molecular complexity index is 604. The number of rotatable bonds is 5. The lowest BCUT2D eigenvalue weighted by Gasteiger charge is -2.07. The Balaban J connectivity index is 1.80. The second-order valence-electron chi connectivity index (χ2n) is 4.26. The Hall–Kier alpha value is -1.91. The van der Waals surface area contributed by atoms with Crippen LogP contribution in [0.15, 0.2) is 48.5 Å². The van der Waals surface area contributed by atoms with Gasteiger partial charge in [0, 0.05) is 11.6 Å². The average Bonchev–Trinajstić information content (AvgIpc) is 2.41. The van der Waals surface area contributed by atoms with Crippen LogP contribution >= 0.6 is 11.6 Å². The maximum Gasteiger partial charge on any atom is 0.238 e. The summed E-state index contributed by atoms with van der Waals surface area (Å²) in [5, 5.41) is 6.13. The number of carbonyl (C=O) groups is 1. The minimum absolute atomic E-state index is 0.0981. The quantitative estimate of drug-likeness (QED) is 0.888. The topological polar surface area (TPSA) is 41.1 Å². The number of benzene rings is 2. The summed E-state index contributed by atoms with van der Waals surface area (Å²) in [6.07, 6.45) is 0. The first-order valence-electron chi connectivity index (χ1n) is 6.15. The first-order valence-corrected chi connectivity index (χ1v) is 6.52. The van der Waals surface area contributed by atoms with Crippen LogP contribution in [0.1, 0.15) is 5.56 Å². The van der Waals surface area contributed by atoms with Crippen molar-refractivity contribution >= 4 is 23.2 Å². The molecule has 0 saturated carbocycles. The summed E-state index contributed by atoms with van der Waals surface area (Å²) in [6.45, 7) is 0.617. The molecule has 0 spiro atoms. The zero-order valence-electron chi connectivity index (χ0n) is 10.7. The first kappa shape index (κ1) is 14.5. The number of anilines is 1. The van der Waals surface area contributed by atoms with Gasteiger partial charge in [0.05, 0.1) is 12.2 Å². The Morgan fingerprint density at radius 3 is 2.70 bits per heavy atom. The van der Waals surface area contributed by atoms with Gasteiger partial charge >= 0.3 is 0 Å². The number of hydrogen-bond acceptors (Lipinski definition) is 2. The van der Waals surface area contributed by atoms with E-state index in [1.165, 1.54) is 12.1 Å². The summed E-state index contributed by atoms with van der Waals surface area (Å²) >= 11 is 5.86. The van der Waals surface area contributed by atoms with Crippen LogP contribution in [0, 0.1) is 5.82 Å². The Kier molecular flexibility index (Phi) is 5.09. The molecule has 0 atom stereocenters. The molecule has 104 valence electrons. The minimum Gasteiger partial charge on any atom is -0.322 e. The molecule has 5 heteroatoms. The Morgan fingerprint density at radius 2 is 1.95 bits per heavy atom. The van der Waals surface area contributed by atoms with E-state index in [0.29, 0.717) is 11.6 Å². The molecule has 0 bridgehead atoms. The number of halogens is 2. The van der Waals surface area contributed by atoms with E-state index in [9.17, 15) is 9.18 Å². The molecule has 0 aliphatic rings. The Morgan fingerprint density at radius 1 is 1.15 bits per heavy atom. The summed E-state index contributed by atoms with van der Waals surface area (Å²) < 4.78 is 13.3. The lowest BCUT2D eigenvalue weighted by Crippen LogP contribution is -2.28. The summed E-state index contributed by atoms with van der Waals surface area (Å²) in [7, 11) is 0. The summed E-state index contributed by atoms with van der Waals surface area (Å²) in [4.78, 5) is 11.7. The van der Waals surface area contributed by atoms with Gasteiger partial charge in [0.25, 0.3) is 0 Å². The molecule has 2 rings (SSSR count). The van der Waals surface area contributed by atoms with Crippen molar-refractivity contribution in [2.45, 2.75) is 6.54 Å². The maximum atomic E-state index is 13.3. The van der Waals surface area contributed by atoms with Crippen LogP contribution in [0.4, 0.5) is 10.1 Å². The molecule has 3 nitrogen and oxygen atoms in total. The van der Waals surface area contributed by atoms with Gasteiger partial charge in [0.1, 0.15) is 5.82 Å². The van der Waals surface area contributed by atoms with Gasteiger partial charge in [0.2, 0.25) is 5.91 Å². The number of amides is 1. The second-order valence-corrected chi connectivity index (χ2v) is 4.70. The van der Waals surface area contributed by atoms with Crippen molar-refractivity contribution in [2.75, 3.05) is 11.9 Å². The van der Waals surface area contributed by atoms with Crippen molar-refractivity contribution in [1.29, 1.82) is 0 Å². The van der Waals surface area contributed by atoms with Gasteiger partial charge in [-0.05, 0) is 29.8 Å². The molecule has 0 saturated heterocycles. The monoisotopic (exact) mass is 292 g/mol. The van der Waals surface area contributed by atoms with Crippen molar-refractivity contribution in [3.05, 3.63) is 64.9 Å². The number of hydrogen-bond donors (Lipinski definition) is 2. The molecule has 0 aromatic heterocycles. The van der Waals surface area contributed by atoms with Crippen molar-refractivity contribution in [3.63, 3.8) is 0 Å². The SMILES string of the molecule is O=C(CNCc1cccc(Cl)c1)Nc1ccccc1F. The van der Waals surface area contributed by atoms with E-state index in [-0.39, 0.29) is 18.1 Å². The molecule has 2 aromatic rings. The number of nitrogens with one attached hydrogen (secondary N) is 2. The van der Waals surface area contributed by atoms with E-state index in [4.69, 9.17) is 11.6 Å². The van der Waals surface area contributed by atoms with Gasteiger partial charge in [-0.15, -0.1) is 0 Å². The normalized spacial score (nSPS) is 10.3. The highest BCUT2D eigenvalue weighted by Gasteiger charge is 2.05. The zero-order valence-corrected chi connectivity index (χ0v) is 11.5. The van der Waals surface area contributed by atoms with Crippen LogP contribution in [0.2, 0.25) is 5.02 Å². The van der Waals surface area contributed by atoms with Crippen LogP contribution in [0.3, 0.4) is 0 Å². The fourth-order valence-electron chi connectivity index (χ4n) is 1.72. The lowest BCUT2D eigenvalue weighted by atomic mass is 10.2. The van der Waals surface area contributed by atoms with Crippen molar-refractivity contribution in [1.82, 2.24) is 5.32 Å². The predicted octanol–water partition coefficient (Wildman–Crippen LogP) is 3.21. The fraction of sp³-hybridized carbons (Fsp3) is 0.133. The summed E-state index contributed by atoms with van der Waals surface area (Å²) in [5.74, 6) is -0.743. The van der Waals surface area contributed by atoms with Gasteiger partial charge < -0.3 is 10.6 Å². The number of para-hydroxylation sites is 1. The highest BCUT2D eigenvalue weighted by atomic mass is 35.5. The summed E-state index contributed by atoms with van der Waals surface area (Å²) in [6, 6.07) is 13.4. The van der Waals surface area contributed by atoms with E-state index < -0.39 is 5.82 Å². The minimum atomic E-state index is -0.448. The van der Waals surface area contributed by atoms with Crippen LogP contribution in [0.25, 0.3) is 0 Å². The Labute approximate surface area is 121 Å². The predicted molar refractivity (Wildman–Crippen MR) is 78.2 cm³/mol. The molecule has 1 amide bonds. The largest absolute Gasteiger partial charge is 0.322 e. The molecular formula is C15H14ClFN2O. The van der Waals surface area contributed by atoms with Crippen molar-refractivity contribution in [2.24, 2.45) is 0 Å². The third-order valence-electron chi connectivity index (χ3n) is 2.65. The highest BCUT2D eigenvalue weighted by molar-refractivity contribution is 6.30. The second kappa shape index (κ2) is 7.03. The van der Waals surface area contributed by atoms with Gasteiger partial charge in [-0.1, -0.05) is 35.9 Å². The van der Waals surface area contributed by atoms with Gasteiger partial charge in [-0.25, -0.2) is 4.39 Å². The molecule has 20 heavy (non-hydrogen) atoms. The summed E-state index contributed by atoms with van der Waals surface area (Å²) in [5.41, 5.74) is 1.17. The van der Waals surface area contributed by atoms with Crippen LogP contribution in [-0.4, -0.2) is 12.5 Å². The molecular weight excluding hydrogens is 279 g/mol. The van der Waals surface area contributed by atoms with E-state index in [1.807, 2.05) is 18.2 Å². The molecule has 0 radical (unpaired) electrons. The van der Waals surface area contributed by atoms with Crippen LogP contribution in [-0.2, 0) is 11.3 Å². The molecule has 0 aliphatic carbocycles. The van der Waals surface area contributed by atoms with Crippen LogP contribution < -0.4 is 10.6 Å². The van der Waals surface area contributed by atoms with Gasteiger partial charge in [0.15, 0.2) is 0 Å². The molecule has 2 aromatic carbocycles. The molecule has 0 aliphatic heterocycles. The molecule has 0 heterocycles. The smallest absolute Gasteiger partial charge is 0.238 e. The van der Waals surface area contributed by atoms with Gasteiger partial charge in [-0.3, -0.25) is 4.79 Å². The first-order chi connectivity index (χ1) is 9.65. The lowest BCUT2D eigenvalue weighted by molar-refractivity contribution is -0.115. The fourth-order valence-corrected chi connectivity index (χ4v) is 1.94. The maximum absolute atomic E-state index is 13.3. The zero-order chi connectivity index (χ0) is 14.4. The van der Waals surface area contributed by atoms with E-state index in [0.717, 1.165) is 5.56 Å². The molecule has 0 unspecified atom stereocenters. The standard InChI is InChI=1S/C15H14ClFN2O/c16-12-5-3-4-11(8-12)9-18-10-15(20)19-14-7-2-1-6-13(14)17/h1-8,18H,9-10H2,(H,19,20). The van der Waals surface area contributed by atoms with Gasteiger partial charge in [-0.2, -0.15) is 0 Å². The van der Waals surface area contributed by atoms with E-state index >= 15 is 0 Å². The van der Waals surface area contributed by atoms with Crippen molar-refractivity contribution in [3.8, 4) is 0 Å². The molecule has 2 N–H and O–H groups in total. The highest BCUT2D eigenvalue weighted by Crippen LogP contribution is 2.12.